The van der Waals surface area contributed by atoms with E-state index in [1.807, 2.05) is 39.8 Å². The Hall–Kier alpha value is -0.485. The molecule has 19 heavy (non-hydrogen) atoms. The molecule has 1 aromatic rings. The minimum Gasteiger partial charge on any atom is -0.402 e. The van der Waals surface area contributed by atoms with Crippen LogP contribution in [0.2, 0.25) is 0 Å². The predicted octanol–water partition coefficient (Wildman–Crippen LogP) is 3.04. The summed E-state index contributed by atoms with van der Waals surface area (Å²) in [7, 11) is -0.398. The van der Waals surface area contributed by atoms with Crippen LogP contribution < -0.4 is 5.73 Å². The Kier molecular flexibility index (Phi) is 4.03. The number of rotatable bonds is 3. The van der Waals surface area contributed by atoms with Gasteiger partial charge in [-0.25, -0.2) is 0 Å². The SMILES string of the molecule is CSc1ccc(C(N)B2OC(C)(C)C(C)(C)O2)cc1. The fourth-order valence-corrected chi connectivity index (χ4v) is 2.43. The molecule has 1 atom stereocenters. The van der Waals surface area contributed by atoms with Crippen LogP contribution in [0.5, 0.6) is 0 Å². The number of hydrogen-bond donors (Lipinski definition) is 1. The highest BCUT2D eigenvalue weighted by atomic mass is 32.2. The van der Waals surface area contributed by atoms with Crippen molar-refractivity contribution in [3.63, 3.8) is 0 Å². The van der Waals surface area contributed by atoms with Gasteiger partial charge in [-0.1, -0.05) is 12.1 Å². The van der Waals surface area contributed by atoms with Gasteiger partial charge in [-0.15, -0.1) is 11.8 Å². The first-order valence-corrected chi connectivity index (χ1v) is 7.74. The second kappa shape index (κ2) is 5.13. The average Bonchev–Trinajstić information content (AvgIpc) is 2.58. The first-order valence-electron chi connectivity index (χ1n) is 6.52. The van der Waals surface area contributed by atoms with Crippen LogP contribution in [0.15, 0.2) is 29.2 Å². The van der Waals surface area contributed by atoms with Gasteiger partial charge in [0.25, 0.3) is 0 Å². The van der Waals surface area contributed by atoms with Gasteiger partial charge >= 0.3 is 7.12 Å². The molecule has 2 N–H and O–H groups in total. The zero-order valence-electron chi connectivity index (χ0n) is 12.3. The van der Waals surface area contributed by atoms with Gasteiger partial charge in [0.15, 0.2) is 0 Å². The van der Waals surface area contributed by atoms with E-state index in [9.17, 15) is 0 Å². The lowest BCUT2D eigenvalue weighted by molar-refractivity contribution is 0.00578. The molecule has 1 heterocycles. The molecule has 0 aliphatic carbocycles. The number of nitrogens with two attached hydrogens (primary N) is 1. The molecule has 1 unspecified atom stereocenters. The van der Waals surface area contributed by atoms with E-state index in [1.54, 1.807) is 11.8 Å². The zero-order valence-corrected chi connectivity index (χ0v) is 13.1. The minimum absolute atomic E-state index is 0.267. The van der Waals surface area contributed by atoms with Crippen molar-refractivity contribution >= 4 is 18.9 Å². The van der Waals surface area contributed by atoms with Gasteiger partial charge in [-0.2, -0.15) is 0 Å². The van der Waals surface area contributed by atoms with Crippen molar-refractivity contribution < 1.29 is 9.31 Å². The lowest BCUT2D eigenvalue weighted by Crippen LogP contribution is -2.41. The van der Waals surface area contributed by atoms with Gasteiger partial charge in [0.1, 0.15) is 0 Å². The van der Waals surface area contributed by atoms with E-state index in [0.717, 1.165) is 5.56 Å². The van der Waals surface area contributed by atoms with Crippen molar-refractivity contribution in [2.75, 3.05) is 6.26 Å². The second-order valence-electron chi connectivity index (χ2n) is 5.92. The van der Waals surface area contributed by atoms with E-state index < -0.39 is 7.12 Å². The monoisotopic (exact) mass is 279 g/mol. The van der Waals surface area contributed by atoms with Gasteiger partial charge in [-0.05, 0) is 51.6 Å². The molecule has 1 fully saturated rings. The standard InChI is InChI=1S/C14H22BNO2S/c1-13(2)14(3,4)18-15(17-13)12(16)10-6-8-11(19-5)9-7-10/h6-9,12H,16H2,1-5H3. The van der Waals surface area contributed by atoms with Crippen molar-refractivity contribution in [1.82, 2.24) is 0 Å². The van der Waals surface area contributed by atoms with Crippen molar-refractivity contribution in [2.24, 2.45) is 5.73 Å². The summed E-state index contributed by atoms with van der Waals surface area (Å²) in [5, 5.41) is 0. The largest absolute Gasteiger partial charge is 0.480 e. The summed E-state index contributed by atoms with van der Waals surface area (Å²) in [4.78, 5) is 1.23. The maximum Gasteiger partial charge on any atom is 0.480 e. The molecule has 0 radical (unpaired) electrons. The Morgan fingerprint density at radius 3 is 1.95 bits per heavy atom. The van der Waals surface area contributed by atoms with Gasteiger partial charge in [0.05, 0.1) is 17.1 Å². The molecule has 1 saturated heterocycles. The van der Waals surface area contributed by atoms with E-state index in [0.29, 0.717) is 0 Å². The summed E-state index contributed by atoms with van der Waals surface area (Å²) in [6, 6.07) is 8.24. The third-order valence-corrected chi connectivity index (χ3v) is 4.81. The molecule has 3 nitrogen and oxygen atoms in total. The maximum atomic E-state index is 6.28. The van der Waals surface area contributed by atoms with Crippen molar-refractivity contribution in [3.05, 3.63) is 29.8 Å². The van der Waals surface area contributed by atoms with Crippen LogP contribution >= 0.6 is 11.8 Å². The highest BCUT2D eigenvalue weighted by Gasteiger charge is 2.53. The van der Waals surface area contributed by atoms with Gasteiger partial charge in [0, 0.05) is 4.90 Å². The Morgan fingerprint density at radius 1 is 1.05 bits per heavy atom. The van der Waals surface area contributed by atoms with Crippen LogP contribution in [0.25, 0.3) is 0 Å². The Labute approximate surface area is 120 Å². The summed E-state index contributed by atoms with van der Waals surface area (Å²) >= 11 is 1.72. The van der Waals surface area contributed by atoms with Crippen LogP contribution in [-0.4, -0.2) is 24.6 Å². The molecule has 0 aromatic heterocycles. The minimum atomic E-state index is -0.398. The Balaban J connectivity index is 2.14. The van der Waals surface area contributed by atoms with E-state index >= 15 is 0 Å². The molecule has 1 aliphatic heterocycles. The summed E-state index contributed by atoms with van der Waals surface area (Å²) in [6.07, 6.45) is 2.06. The van der Waals surface area contributed by atoms with E-state index in [1.165, 1.54) is 4.90 Å². The van der Waals surface area contributed by atoms with Crippen molar-refractivity contribution in [3.8, 4) is 0 Å². The summed E-state index contributed by atoms with van der Waals surface area (Å²) in [6.45, 7) is 8.15. The van der Waals surface area contributed by atoms with Gasteiger partial charge < -0.3 is 15.0 Å². The molecule has 1 aromatic carbocycles. The average molecular weight is 279 g/mol. The molecule has 5 heteroatoms. The second-order valence-corrected chi connectivity index (χ2v) is 6.80. The first kappa shape index (κ1) is 14.9. The van der Waals surface area contributed by atoms with Crippen molar-refractivity contribution in [2.45, 2.75) is 49.7 Å². The highest BCUT2D eigenvalue weighted by Crippen LogP contribution is 2.39. The summed E-state index contributed by atoms with van der Waals surface area (Å²) < 4.78 is 12.0. The number of hydrogen-bond acceptors (Lipinski definition) is 4. The molecule has 0 saturated carbocycles. The van der Waals surface area contributed by atoms with E-state index in [-0.39, 0.29) is 17.1 Å². The third kappa shape index (κ3) is 2.84. The smallest absolute Gasteiger partial charge is 0.402 e. The highest BCUT2D eigenvalue weighted by molar-refractivity contribution is 7.98. The molecule has 0 amide bonds. The van der Waals surface area contributed by atoms with Crippen LogP contribution in [0.3, 0.4) is 0 Å². The lowest BCUT2D eigenvalue weighted by Gasteiger charge is -2.32. The molecule has 104 valence electrons. The maximum absolute atomic E-state index is 6.28. The van der Waals surface area contributed by atoms with Crippen LogP contribution in [0.4, 0.5) is 0 Å². The van der Waals surface area contributed by atoms with Crippen molar-refractivity contribution in [1.29, 1.82) is 0 Å². The van der Waals surface area contributed by atoms with Crippen LogP contribution in [-0.2, 0) is 9.31 Å². The fraction of sp³-hybridized carbons (Fsp3) is 0.571. The topological polar surface area (TPSA) is 44.5 Å². The zero-order chi connectivity index (χ0) is 14.3. The lowest BCUT2D eigenvalue weighted by atomic mass is 9.75. The third-order valence-electron chi connectivity index (χ3n) is 4.07. The Bertz CT molecular complexity index is 431. The molecule has 0 bridgehead atoms. The molecule has 2 rings (SSSR count). The first-order chi connectivity index (χ1) is 8.77. The Morgan fingerprint density at radius 2 is 1.53 bits per heavy atom. The van der Waals surface area contributed by atoms with Crippen LogP contribution in [0.1, 0.15) is 39.2 Å². The van der Waals surface area contributed by atoms with Gasteiger partial charge in [-0.3, -0.25) is 0 Å². The molecular formula is C14H22BNO2S. The van der Waals surface area contributed by atoms with E-state index in [2.05, 4.69) is 18.4 Å². The molecular weight excluding hydrogens is 257 g/mol. The number of thioether (sulfide) groups is 1. The summed E-state index contributed by atoms with van der Waals surface area (Å²) in [5.41, 5.74) is 6.64. The quantitative estimate of drug-likeness (QED) is 0.682. The predicted molar refractivity (Wildman–Crippen MR) is 81.2 cm³/mol. The number of benzene rings is 1. The summed E-state index contributed by atoms with van der Waals surface area (Å²) in [5.74, 6) is -0.267. The molecule has 1 aliphatic rings. The molecule has 0 spiro atoms. The van der Waals surface area contributed by atoms with E-state index in [4.69, 9.17) is 15.0 Å². The fourth-order valence-electron chi connectivity index (χ4n) is 2.02. The normalized spacial score (nSPS) is 22.5. The van der Waals surface area contributed by atoms with Gasteiger partial charge in [0.2, 0.25) is 0 Å². The van der Waals surface area contributed by atoms with Crippen LogP contribution in [0, 0.1) is 0 Å².